The number of hydrogen-bond donors (Lipinski definition) is 0. The highest BCUT2D eigenvalue weighted by molar-refractivity contribution is 7.18. The first-order valence-corrected chi connectivity index (χ1v) is 5.65. The Morgan fingerprint density at radius 3 is 3.07 bits per heavy atom. The van der Waals surface area contributed by atoms with Gasteiger partial charge in [0.1, 0.15) is 0 Å². The second kappa shape index (κ2) is 3.93. The van der Waals surface area contributed by atoms with Crippen LogP contribution in [0.3, 0.4) is 0 Å². The van der Waals surface area contributed by atoms with Crippen molar-refractivity contribution in [1.29, 1.82) is 0 Å². The summed E-state index contributed by atoms with van der Waals surface area (Å²) in [6, 6.07) is 6.44. The first-order valence-electron chi connectivity index (χ1n) is 4.83. The minimum absolute atomic E-state index is 1.08. The van der Waals surface area contributed by atoms with Crippen LogP contribution in [-0.2, 0) is 0 Å². The highest BCUT2D eigenvalue weighted by Crippen LogP contribution is 2.22. The molecule has 14 heavy (non-hydrogen) atoms. The van der Waals surface area contributed by atoms with Gasteiger partial charge in [0.25, 0.3) is 0 Å². The number of thiazole rings is 1. The predicted molar refractivity (Wildman–Crippen MR) is 63.7 cm³/mol. The molecule has 0 aliphatic heterocycles. The van der Waals surface area contributed by atoms with Crippen LogP contribution in [0.15, 0.2) is 24.3 Å². The monoisotopic (exact) mass is 203 g/mol. The van der Waals surface area contributed by atoms with Crippen molar-refractivity contribution >= 4 is 27.6 Å². The van der Waals surface area contributed by atoms with Crippen molar-refractivity contribution in [2.45, 2.75) is 20.3 Å². The van der Waals surface area contributed by atoms with E-state index in [1.54, 1.807) is 11.3 Å². The van der Waals surface area contributed by atoms with Gasteiger partial charge in [-0.15, -0.1) is 11.3 Å². The SMILES string of the molecule is CC/C=C/c1ccc2sc(C)nc2c1. The molecule has 72 valence electrons. The molecule has 2 rings (SSSR count). The van der Waals surface area contributed by atoms with E-state index in [2.05, 4.69) is 42.3 Å². The van der Waals surface area contributed by atoms with Crippen molar-refractivity contribution in [3.63, 3.8) is 0 Å². The van der Waals surface area contributed by atoms with Crippen molar-refractivity contribution in [3.8, 4) is 0 Å². The fraction of sp³-hybridized carbons (Fsp3) is 0.250. The Morgan fingerprint density at radius 1 is 1.43 bits per heavy atom. The molecule has 0 saturated heterocycles. The summed E-state index contributed by atoms with van der Waals surface area (Å²) in [4.78, 5) is 4.47. The minimum Gasteiger partial charge on any atom is -0.241 e. The summed E-state index contributed by atoms with van der Waals surface area (Å²) in [5, 5.41) is 1.14. The molecule has 0 fully saturated rings. The zero-order valence-electron chi connectivity index (χ0n) is 8.45. The van der Waals surface area contributed by atoms with Gasteiger partial charge in [0.15, 0.2) is 0 Å². The molecule has 1 nitrogen and oxygen atoms in total. The molecule has 0 aliphatic carbocycles. The summed E-state index contributed by atoms with van der Waals surface area (Å²) in [7, 11) is 0. The molecule has 0 aliphatic rings. The fourth-order valence-electron chi connectivity index (χ4n) is 1.42. The predicted octanol–water partition coefficient (Wildman–Crippen LogP) is 4.03. The molecule has 0 spiro atoms. The average molecular weight is 203 g/mol. The Hall–Kier alpha value is -1.15. The number of allylic oxidation sites excluding steroid dienone is 1. The van der Waals surface area contributed by atoms with Gasteiger partial charge in [0.2, 0.25) is 0 Å². The molecular formula is C12H13NS. The third-order valence-corrected chi connectivity index (χ3v) is 3.02. The Labute approximate surface area is 88.1 Å². The zero-order chi connectivity index (χ0) is 9.97. The fourth-order valence-corrected chi connectivity index (χ4v) is 2.22. The van der Waals surface area contributed by atoms with Crippen LogP contribution < -0.4 is 0 Å². The third-order valence-electron chi connectivity index (χ3n) is 2.06. The summed E-state index contributed by atoms with van der Waals surface area (Å²) in [6.07, 6.45) is 5.39. The molecule has 1 heterocycles. The van der Waals surface area contributed by atoms with Gasteiger partial charge in [-0.1, -0.05) is 25.1 Å². The Kier molecular flexibility index (Phi) is 2.64. The van der Waals surface area contributed by atoms with Crippen LogP contribution in [0.1, 0.15) is 23.9 Å². The topological polar surface area (TPSA) is 12.9 Å². The van der Waals surface area contributed by atoms with Gasteiger partial charge in [-0.2, -0.15) is 0 Å². The Balaban J connectivity index is 2.45. The first kappa shape index (κ1) is 9.41. The van der Waals surface area contributed by atoms with E-state index in [4.69, 9.17) is 0 Å². The Bertz CT molecular complexity index is 468. The smallest absolute Gasteiger partial charge is 0.0907 e. The molecule has 2 heteroatoms. The molecular weight excluding hydrogens is 190 g/mol. The highest BCUT2D eigenvalue weighted by atomic mass is 32.1. The average Bonchev–Trinajstić information content (AvgIpc) is 2.54. The van der Waals surface area contributed by atoms with Crippen molar-refractivity contribution in [1.82, 2.24) is 4.98 Å². The van der Waals surface area contributed by atoms with Crippen molar-refractivity contribution in [3.05, 3.63) is 34.8 Å². The number of benzene rings is 1. The van der Waals surface area contributed by atoms with Crippen molar-refractivity contribution in [2.24, 2.45) is 0 Å². The number of aromatic nitrogens is 1. The lowest BCUT2D eigenvalue weighted by atomic mass is 10.2. The second-order valence-corrected chi connectivity index (χ2v) is 4.51. The number of fused-ring (bicyclic) bond motifs is 1. The maximum absolute atomic E-state index is 4.47. The molecule has 0 bridgehead atoms. The van der Waals surface area contributed by atoms with Gasteiger partial charge in [0.05, 0.1) is 15.2 Å². The molecule has 1 aromatic carbocycles. The summed E-state index contributed by atoms with van der Waals surface area (Å²) < 4.78 is 1.27. The first-order chi connectivity index (χ1) is 6.79. The van der Waals surface area contributed by atoms with Gasteiger partial charge in [-0.25, -0.2) is 4.98 Å². The van der Waals surface area contributed by atoms with Gasteiger partial charge >= 0.3 is 0 Å². The molecule has 0 amide bonds. The summed E-state index contributed by atoms with van der Waals surface area (Å²) in [5.41, 5.74) is 2.36. The van der Waals surface area contributed by atoms with Crippen molar-refractivity contribution < 1.29 is 0 Å². The molecule has 0 saturated carbocycles. The van der Waals surface area contributed by atoms with Crippen LogP contribution in [0.2, 0.25) is 0 Å². The number of rotatable bonds is 2. The molecule has 0 unspecified atom stereocenters. The molecule has 0 radical (unpaired) electrons. The molecule has 0 atom stereocenters. The van der Waals surface area contributed by atoms with E-state index in [0.29, 0.717) is 0 Å². The van der Waals surface area contributed by atoms with E-state index in [9.17, 15) is 0 Å². The standard InChI is InChI=1S/C12H13NS/c1-3-4-5-10-6-7-12-11(8-10)13-9(2)14-12/h4-8H,3H2,1-2H3/b5-4+. The van der Waals surface area contributed by atoms with Gasteiger partial charge < -0.3 is 0 Å². The van der Waals surface area contributed by atoms with Crippen LogP contribution in [0.5, 0.6) is 0 Å². The number of hydrogen-bond acceptors (Lipinski definition) is 2. The third kappa shape index (κ3) is 1.85. The lowest BCUT2D eigenvalue weighted by Gasteiger charge is -1.92. The van der Waals surface area contributed by atoms with E-state index < -0.39 is 0 Å². The lowest BCUT2D eigenvalue weighted by Crippen LogP contribution is -1.73. The normalized spacial score (nSPS) is 11.6. The summed E-state index contributed by atoms with van der Waals surface area (Å²) in [6.45, 7) is 4.19. The van der Waals surface area contributed by atoms with Crippen LogP contribution in [0, 0.1) is 6.92 Å². The molecule has 0 N–H and O–H groups in total. The number of nitrogens with zero attached hydrogens (tertiary/aromatic N) is 1. The van der Waals surface area contributed by atoms with Crippen LogP contribution >= 0.6 is 11.3 Å². The second-order valence-electron chi connectivity index (χ2n) is 3.27. The quantitative estimate of drug-likeness (QED) is 0.718. The minimum atomic E-state index is 1.08. The Morgan fingerprint density at radius 2 is 2.29 bits per heavy atom. The van der Waals surface area contributed by atoms with Gasteiger partial charge in [-0.3, -0.25) is 0 Å². The van der Waals surface area contributed by atoms with E-state index in [-0.39, 0.29) is 0 Å². The number of aryl methyl sites for hydroxylation is 1. The maximum Gasteiger partial charge on any atom is 0.0907 e. The van der Waals surface area contributed by atoms with Gasteiger partial charge in [0, 0.05) is 0 Å². The lowest BCUT2D eigenvalue weighted by molar-refractivity contribution is 1.23. The van der Waals surface area contributed by atoms with E-state index in [1.165, 1.54) is 10.3 Å². The van der Waals surface area contributed by atoms with Crippen LogP contribution in [0.4, 0.5) is 0 Å². The summed E-state index contributed by atoms with van der Waals surface area (Å²) >= 11 is 1.75. The molecule has 2 aromatic rings. The van der Waals surface area contributed by atoms with E-state index >= 15 is 0 Å². The molecule has 1 aromatic heterocycles. The maximum atomic E-state index is 4.47. The summed E-state index contributed by atoms with van der Waals surface area (Å²) in [5.74, 6) is 0. The van der Waals surface area contributed by atoms with Crippen molar-refractivity contribution in [2.75, 3.05) is 0 Å². The van der Waals surface area contributed by atoms with E-state index in [0.717, 1.165) is 16.9 Å². The van der Waals surface area contributed by atoms with Crippen LogP contribution in [-0.4, -0.2) is 4.98 Å². The highest BCUT2D eigenvalue weighted by Gasteiger charge is 1.99. The van der Waals surface area contributed by atoms with Gasteiger partial charge in [-0.05, 0) is 31.0 Å². The van der Waals surface area contributed by atoms with E-state index in [1.807, 2.05) is 6.92 Å². The van der Waals surface area contributed by atoms with Crippen LogP contribution in [0.25, 0.3) is 16.3 Å². The largest absolute Gasteiger partial charge is 0.241 e. The zero-order valence-corrected chi connectivity index (χ0v) is 9.27.